The topological polar surface area (TPSA) is 15.3 Å². The molecule has 3 fully saturated rings. The molecule has 104 valence electrons. The lowest BCUT2D eigenvalue weighted by Gasteiger charge is -2.45. The second kappa shape index (κ2) is 5.54. The highest BCUT2D eigenvalue weighted by Crippen LogP contribution is 2.30. The standard InChI is InChI=1S/C17H26N2/c1-3-13(2)14-4-6-16(7-5-14)18-17-12-19-10-8-15(17)9-11-19/h4-7,13,15,17-18H,3,8-12H2,1-2H3. The predicted octanol–water partition coefficient (Wildman–Crippen LogP) is 3.71. The molecule has 3 aliphatic rings. The zero-order valence-corrected chi connectivity index (χ0v) is 12.2. The zero-order valence-electron chi connectivity index (χ0n) is 12.2. The van der Waals surface area contributed by atoms with Gasteiger partial charge >= 0.3 is 0 Å². The fourth-order valence-electron chi connectivity index (χ4n) is 3.49. The summed E-state index contributed by atoms with van der Waals surface area (Å²) < 4.78 is 0. The van der Waals surface area contributed by atoms with Gasteiger partial charge in [0.15, 0.2) is 0 Å². The van der Waals surface area contributed by atoms with Crippen LogP contribution in [0, 0.1) is 5.92 Å². The molecular formula is C17H26N2. The molecule has 1 aromatic carbocycles. The number of nitrogens with zero attached hydrogens (tertiary/aromatic N) is 1. The fourth-order valence-corrected chi connectivity index (χ4v) is 3.49. The van der Waals surface area contributed by atoms with Crippen LogP contribution in [0.1, 0.15) is 44.6 Å². The van der Waals surface area contributed by atoms with Gasteiger partial charge in [-0.15, -0.1) is 0 Å². The first-order valence-corrected chi connectivity index (χ1v) is 7.85. The molecule has 3 saturated heterocycles. The largest absolute Gasteiger partial charge is 0.381 e. The molecule has 0 spiro atoms. The van der Waals surface area contributed by atoms with Crippen molar-refractivity contribution in [3.05, 3.63) is 29.8 Å². The lowest BCUT2D eigenvalue weighted by atomic mass is 9.84. The molecule has 3 heterocycles. The summed E-state index contributed by atoms with van der Waals surface area (Å²) in [5, 5.41) is 3.75. The van der Waals surface area contributed by atoms with E-state index >= 15 is 0 Å². The van der Waals surface area contributed by atoms with Crippen LogP contribution in [0.2, 0.25) is 0 Å². The average Bonchev–Trinajstić information content (AvgIpc) is 2.48. The van der Waals surface area contributed by atoms with Crippen molar-refractivity contribution in [3.8, 4) is 0 Å². The Morgan fingerprint density at radius 1 is 1.21 bits per heavy atom. The summed E-state index contributed by atoms with van der Waals surface area (Å²) in [4.78, 5) is 2.60. The molecule has 0 aromatic heterocycles. The number of hydrogen-bond donors (Lipinski definition) is 1. The predicted molar refractivity (Wildman–Crippen MR) is 81.7 cm³/mol. The van der Waals surface area contributed by atoms with Gasteiger partial charge in [0.2, 0.25) is 0 Å². The van der Waals surface area contributed by atoms with Gasteiger partial charge in [-0.3, -0.25) is 0 Å². The Morgan fingerprint density at radius 3 is 2.42 bits per heavy atom. The van der Waals surface area contributed by atoms with E-state index in [2.05, 4.69) is 48.3 Å². The number of nitrogens with one attached hydrogen (secondary N) is 1. The molecule has 2 bridgehead atoms. The molecule has 19 heavy (non-hydrogen) atoms. The molecular weight excluding hydrogens is 232 g/mol. The van der Waals surface area contributed by atoms with E-state index in [0.717, 1.165) is 5.92 Å². The van der Waals surface area contributed by atoms with Gasteiger partial charge in [0, 0.05) is 18.3 Å². The summed E-state index contributed by atoms with van der Waals surface area (Å²) in [5.41, 5.74) is 2.76. The van der Waals surface area contributed by atoms with Crippen molar-refractivity contribution in [2.75, 3.05) is 25.0 Å². The van der Waals surface area contributed by atoms with Gasteiger partial charge in [0.1, 0.15) is 0 Å². The van der Waals surface area contributed by atoms with Gasteiger partial charge in [-0.1, -0.05) is 26.0 Å². The van der Waals surface area contributed by atoms with Crippen molar-refractivity contribution in [2.24, 2.45) is 5.92 Å². The van der Waals surface area contributed by atoms with E-state index in [1.54, 1.807) is 0 Å². The molecule has 2 unspecified atom stereocenters. The molecule has 0 aliphatic carbocycles. The van der Waals surface area contributed by atoms with Gasteiger partial charge in [-0.05, 0) is 61.9 Å². The lowest BCUT2D eigenvalue weighted by Crippen LogP contribution is -2.53. The zero-order chi connectivity index (χ0) is 13.2. The summed E-state index contributed by atoms with van der Waals surface area (Å²) >= 11 is 0. The van der Waals surface area contributed by atoms with Crippen LogP contribution in [0.15, 0.2) is 24.3 Å². The third-order valence-electron chi connectivity index (χ3n) is 5.10. The van der Waals surface area contributed by atoms with Crippen LogP contribution in [0.25, 0.3) is 0 Å². The van der Waals surface area contributed by atoms with Gasteiger partial charge in [-0.2, -0.15) is 0 Å². The summed E-state index contributed by atoms with van der Waals surface area (Å²) in [7, 11) is 0. The molecule has 1 N–H and O–H groups in total. The van der Waals surface area contributed by atoms with Crippen LogP contribution < -0.4 is 5.32 Å². The van der Waals surface area contributed by atoms with Crippen LogP contribution in [0.4, 0.5) is 5.69 Å². The van der Waals surface area contributed by atoms with Crippen LogP contribution >= 0.6 is 0 Å². The maximum Gasteiger partial charge on any atom is 0.0417 e. The Bertz CT molecular complexity index is 404. The normalized spacial score (nSPS) is 31.2. The van der Waals surface area contributed by atoms with E-state index in [9.17, 15) is 0 Å². The van der Waals surface area contributed by atoms with Crippen LogP contribution in [0.3, 0.4) is 0 Å². The molecule has 2 heteroatoms. The summed E-state index contributed by atoms with van der Waals surface area (Å²) in [5.74, 6) is 1.56. The Hall–Kier alpha value is -1.02. The molecule has 1 aromatic rings. The van der Waals surface area contributed by atoms with Crippen molar-refractivity contribution in [1.29, 1.82) is 0 Å². The number of piperidine rings is 3. The minimum Gasteiger partial charge on any atom is -0.381 e. The second-order valence-electron chi connectivity index (χ2n) is 6.32. The van der Waals surface area contributed by atoms with Crippen molar-refractivity contribution >= 4 is 5.69 Å². The number of benzene rings is 1. The van der Waals surface area contributed by atoms with E-state index in [-0.39, 0.29) is 0 Å². The maximum atomic E-state index is 3.75. The fraction of sp³-hybridized carbons (Fsp3) is 0.647. The highest BCUT2D eigenvalue weighted by molar-refractivity contribution is 5.46. The molecule has 0 amide bonds. The van der Waals surface area contributed by atoms with Gasteiger partial charge in [0.25, 0.3) is 0 Å². The van der Waals surface area contributed by atoms with E-state index in [0.29, 0.717) is 12.0 Å². The molecule has 4 rings (SSSR count). The van der Waals surface area contributed by atoms with Crippen LogP contribution in [0.5, 0.6) is 0 Å². The summed E-state index contributed by atoms with van der Waals surface area (Å²) in [6.45, 7) is 8.42. The molecule has 3 aliphatic heterocycles. The van der Waals surface area contributed by atoms with Crippen LogP contribution in [-0.4, -0.2) is 30.6 Å². The second-order valence-corrected chi connectivity index (χ2v) is 6.32. The van der Waals surface area contributed by atoms with E-state index in [1.165, 1.54) is 50.1 Å². The number of hydrogen-bond acceptors (Lipinski definition) is 2. The van der Waals surface area contributed by atoms with E-state index in [1.807, 2.05) is 0 Å². The highest BCUT2D eigenvalue weighted by atomic mass is 15.2. The minimum absolute atomic E-state index is 0.664. The maximum absolute atomic E-state index is 3.75. The van der Waals surface area contributed by atoms with Crippen molar-refractivity contribution in [2.45, 2.75) is 45.1 Å². The summed E-state index contributed by atoms with van der Waals surface area (Å²) in [6, 6.07) is 9.77. The quantitative estimate of drug-likeness (QED) is 0.885. The highest BCUT2D eigenvalue weighted by Gasteiger charge is 2.33. The monoisotopic (exact) mass is 258 g/mol. The van der Waals surface area contributed by atoms with Crippen LogP contribution in [-0.2, 0) is 0 Å². The smallest absolute Gasteiger partial charge is 0.0417 e. The minimum atomic E-state index is 0.664. The van der Waals surface area contributed by atoms with Gasteiger partial charge < -0.3 is 10.2 Å². The Labute approximate surface area is 117 Å². The van der Waals surface area contributed by atoms with Gasteiger partial charge in [-0.25, -0.2) is 0 Å². The Morgan fingerprint density at radius 2 is 1.89 bits per heavy atom. The number of rotatable bonds is 4. The summed E-state index contributed by atoms with van der Waals surface area (Å²) in [6.07, 6.45) is 3.97. The third kappa shape index (κ3) is 2.79. The molecule has 0 saturated carbocycles. The molecule has 2 nitrogen and oxygen atoms in total. The molecule has 0 radical (unpaired) electrons. The Kier molecular flexibility index (Phi) is 3.79. The first-order chi connectivity index (χ1) is 9.26. The van der Waals surface area contributed by atoms with Gasteiger partial charge in [0.05, 0.1) is 0 Å². The Balaban J connectivity index is 1.64. The van der Waals surface area contributed by atoms with Crippen molar-refractivity contribution in [3.63, 3.8) is 0 Å². The third-order valence-corrected chi connectivity index (χ3v) is 5.10. The first-order valence-electron chi connectivity index (χ1n) is 7.85. The molecule has 2 atom stereocenters. The SMILES string of the molecule is CCC(C)c1ccc(NC2CN3CCC2CC3)cc1. The lowest BCUT2D eigenvalue weighted by molar-refractivity contribution is 0.0975. The van der Waals surface area contributed by atoms with E-state index < -0.39 is 0 Å². The van der Waals surface area contributed by atoms with Crippen molar-refractivity contribution < 1.29 is 0 Å². The number of fused-ring (bicyclic) bond motifs is 3. The first kappa shape index (κ1) is 13.0. The number of anilines is 1. The van der Waals surface area contributed by atoms with Crippen molar-refractivity contribution in [1.82, 2.24) is 4.90 Å². The average molecular weight is 258 g/mol. The van der Waals surface area contributed by atoms with E-state index in [4.69, 9.17) is 0 Å².